The Bertz CT molecular complexity index is 516. The average Bonchev–Trinajstić information content (AvgIpc) is 2.65. The van der Waals surface area contributed by atoms with E-state index in [0.29, 0.717) is 0 Å². The van der Waals surface area contributed by atoms with Gasteiger partial charge in [0, 0.05) is 13.1 Å². The number of nitrogens with one attached hydrogen (secondary N) is 1. The lowest BCUT2D eigenvalue weighted by Gasteiger charge is -1.99. The highest BCUT2D eigenvalue weighted by atomic mass is 35.5. The zero-order valence-electron chi connectivity index (χ0n) is 7.84. The van der Waals surface area contributed by atoms with E-state index in [2.05, 4.69) is 20.9 Å². The van der Waals surface area contributed by atoms with Gasteiger partial charge in [0.05, 0.1) is 10.5 Å². The molecule has 0 radical (unpaired) electrons. The van der Waals surface area contributed by atoms with E-state index in [0.717, 1.165) is 35.1 Å². The number of rotatable bonds is 0. The highest BCUT2D eigenvalue weighted by Gasteiger charge is 2.16. The molecule has 1 aromatic heterocycles. The van der Waals surface area contributed by atoms with Gasteiger partial charge in [-0.1, -0.05) is 11.6 Å². The van der Waals surface area contributed by atoms with Crippen LogP contribution in [0.2, 0.25) is 5.02 Å². The third kappa shape index (κ3) is 0.960. The number of nitrogens with zero attached hydrogens (tertiary/aromatic N) is 2. The molecule has 1 aliphatic rings. The topological polar surface area (TPSA) is 29.9 Å². The Morgan fingerprint density at radius 1 is 1.50 bits per heavy atom. The Morgan fingerprint density at radius 3 is 3.21 bits per heavy atom. The molecule has 1 aliphatic heterocycles. The van der Waals surface area contributed by atoms with E-state index in [-0.39, 0.29) is 0 Å². The fraction of sp³-hybridized carbons (Fsp3) is 0.300. The molecule has 0 saturated carbocycles. The molecule has 14 heavy (non-hydrogen) atoms. The average molecular weight is 208 g/mol. The normalized spacial score (nSPS) is 14.4. The van der Waals surface area contributed by atoms with Crippen molar-refractivity contribution < 1.29 is 0 Å². The standard InChI is InChI=1S/C10H10ClN3/c1-6-4-7(11)9-8(5-6)14-3-2-12-10(14)13-9/h4-5H,2-3H2,1H3,(H,12,13). The van der Waals surface area contributed by atoms with Crippen LogP contribution in [0.5, 0.6) is 0 Å². The monoisotopic (exact) mass is 207 g/mol. The van der Waals surface area contributed by atoms with Crippen molar-refractivity contribution in [2.75, 3.05) is 11.9 Å². The smallest absolute Gasteiger partial charge is 0.204 e. The van der Waals surface area contributed by atoms with E-state index in [9.17, 15) is 0 Å². The van der Waals surface area contributed by atoms with Gasteiger partial charge in [-0.15, -0.1) is 0 Å². The molecular formula is C10H10ClN3. The van der Waals surface area contributed by atoms with Crippen LogP contribution in [0, 0.1) is 6.92 Å². The summed E-state index contributed by atoms with van der Waals surface area (Å²) in [6, 6.07) is 4.08. The predicted octanol–water partition coefficient (Wildman–Crippen LogP) is 2.42. The Morgan fingerprint density at radius 2 is 2.36 bits per heavy atom. The Hall–Kier alpha value is -1.22. The Balaban J connectivity index is 2.43. The summed E-state index contributed by atoms with van der Waals surface area (Å²) >= 11 is 6.13. The zero-order valence-corrected chi connectivity index (χ0v) is 8.60. The van der Waals surface area contributed by atoms with Gasteiger partial charge >= 0.3 is 0 Å². The fourth-order valence-corrected chi connectivity index (χ4v) is 2.27. The van der Waals surface area contributed by atoms with Crippen LogP contribution in [0.3, 0.4) is 0 Å². The quantitative estimate of drug-likeness (QED) is 0.719. The number of fused-ring (bicyclic) bond motifs is 3. The van der Waals surface area contributed by atoms with Crippen LogP contribution in [0.4, 0.5) is 5.95 Å². The van der Waals surface area contributed by atoms with Crippen molar-refractivity contribution >= 4 is 28.6 Å². The zero-order chi connectivity index (χ0) is 9.71. The van der Waals surface area contributed by atoms with Crippen LogP contribution >= 0.6 is 11.6 Å². The minimum atomic E-state index is 0.740. The summed E-state index contributed by atoms with van der Waals surface area (Å²) in [5.41, 5.74) is 3.21. The first-order valence-corrected chi connectivity index (χ1v) is 5.04. The van der Waals surface area contributed by atoms with Crippen LogP contribution in [0.25, 0.3) is 11.0 Å². The minimum Gasteiger partial charge on any atom is -0.354 e. The van der Waals surface area contributed by atoms with E-state index in [1.165, 1.54) is 5.56 Å². The first-order chi connectivity index (χ1) is 6.75. The van der Waals surface area contributed by atoms with Gasteiger partial charge in [-0.25, -0.2) is 4.98 Å². The van der Waals surface area contributed by atoms with Gasteiger partial charge in [-0.3, -0.25) is 0 Å². The van der Waals surface area contributed by atoms with Gasteiger partial charge in [0.25, 0.3) is 0 Å². The molecule has 3 rings (SSSR count). The maximum atomic E-state index is 6.13. The fourth-order valence-electron chi connectivity index (χ4n) is 1.95. The summed E-state index contributed by atoms with van der Waals surface area (Å²) in [5.74, 6) is 0.938. The molecule has 0 unspecified atom stereocenters. The van der Waals surface area contributed by atoms with Crippen molar-refractivity contribution in [2.45, 2.75) is 13.5 Å². The first-order valence-electron chi connectivity index (χ1n) is 4.66. The van der Waals surface area contributed by atoms with E-state index in [4.69, 9.17) is 11.6 Å². The first kappa shape index (κ1) is 8.12. The summed E-state index contributed by atoms with van der Waals surface area (Å²) in [6.45, 7) is 3.99. The number of hydrogen-bond donors (Lipinski definition) is 1. The third-order valence-corrected chi connectivity index (χ3v) is 2.86. The maximum absolute atomic E-state index is 6.13. The molecule has 2 aromatic rings. The molecule has 3 nitrogen and oxygen atoms in total. The van der Waals surface area contributed by atoms with Gasteiger partial charge < -0.3 is 9.88 Å². The van der Waals surface area contributed by atoms with Crippen molar-refractivity contribution in [1.29, 1.82) is 0 Å². The van der Waals surface area contributed by atoms with Crippen molar-refractivity contribution in [3.8, 4) is 0 Å². The van der Waals surface area contributed by atoms with E-state index < -0.39 is 0 Å². The summed E-state index contributed by atoms with van der Waals surface area (Å²) < 4.78 is 2.17. The Kier molecular flexibility index (Phi) is 1.53. The second kappa shape index (κ2) is 2.64. The minimum absolute atomic E-state index is 0.740. The molecule has 0 fully saturated rings. The third-order valence-electron chi connectivity index (χ3n) is 2.57. The molecule has 72 valence electrons. The number of benzene rings is 1. The van der Waals surface area contributed by atoms with Crippen molar-refractivity contribution in [1.82, 2.24) is 9.55 Å². The molecule has 0 spiro atoms. The molecule has 0 saturated heterocycles. The summed E-state index contributed by atoms with van der Waals surface area (Å²) in [4.78, 5) is 4.45. The van der Waals surface area contributed by atoms with Gasteiger partial charge in [-0.05, 0) is 24.6 Å². The molecule has 1 N–H and O–H groups in total. The lowest BCUT2D eigenvalue weighted by molar-refractivity contribution is 0.837. The SMILES string of the molecule is Cc1cc(Cl)c2nc3n(c2c1)CCN3. The molecule has 0 aliphatic carbocycles. The van der Waals surface area contributed by atoms with E-state index >= 15 is 0 Å². The van der Waals surface area contributed by atoms with Gasteiger partial charge in [-0.2, -0.15) is 0 Å². The molecular weight excluding hydrogens is 198 g/mol. The summed E-state index contributed by atoms with van der Waals surface area (Å²) in [6.07, 6.45) is 0. The number of aromatic nitrogens is 2. The second-order valence-corrected chi connectivity index (χ2v) is 4.04. The van der Waals surface area contributed by atoms with E-state index in [1.54, 1.807) is 0 Å². The molecule has 0 bridgehead atoms. The Labute approximate surface area is 86.7 Å². The van der Waals surface area contributed by atoms with Gasteiger partial charge in [0.1, 0.15) is 5.52 Å². The number of anilines is 1. The molecule has 4 heteroatoms. The van der Waals surface area contributed by atoms with E-state index in [1.807, 2.05) is 13.0 Å². The van der Waals surface area contributed by atoms with Crippen LogP contribution in [0.15, 0.2) is 12.1 Å². The highest BCUT2D eigenvalue weighted by Crippen LogP contribution is 2.29. The molecule has 0 atom stereocenters. The van der Waals surface area contributed by atoms with Gasteiger partial charge in [0.2, 0.25) is 5.95 Å². The molecule has 0 amide bonds. The summed E-state index contributed by atoms with van der Waals surface area (Å²) in [5, 5.41) is 3.97. The number of imidazole rings is 1. The van der Waals surface area contributed by atoms with Crippen LogP contribution in [-0.2, 0) is 6.54 Å². The maximum Gasteiger partial charge on any atom is 0.204 e. The van der Waals surface area contributed by atoms with Crippen molar-refractivity contribution in [3.05, 3.63) is 22.7 Å². The van der Waals surface area contributed by atoms with Crippen molar-refractivity contribution in [3.63, 3.8) is 0 Å². The van der Waals surface area contributed by atoms with Crippen LogP contribution in [-0.4, -0.2) is 16.1 Å². The van der Waals surface area contributed by atoms with Crippen LogP contribution in [0.1, 0.15) is 5.56 Å². The number of aryl methyl sites for hydroxylation is 1. The number of hydrogen-bond acceptors (Lipinski definition) is 2. The largest absolute Gasteiger partial charge is 0.354 e. The lowest BCUT2D eigenvalue weighted by Crippen LogP contribution is -1.95. The van der Waals surface area contributed by atoms with Crippen LogP contribution < -0.4 is 5.32 Å². The lowest BCUT2D eigenvalue weighted by atomic mass is 10.2. The highest BCUT2D eigenvalue weighted by molar-refractivity contribution is 6.35. The molecule has 2 heterocycles. The second-order valence-electron chi connectivity index (χ2n) is 3.63. The predicted molar refractivity (Wildman–Crippen MR) is 58.0 cm³/mol. The van der Waals surface area contributed by atoms with Gasteiger partial charge in [0.15, 0.2) is 0 Å². The van der Waals surface area contributed by atoms with Crippen molar-refractivity contribution in [2.24, 2.45) is 0 Å². The molecule has 1 aromatic carbocycles. The number of halogens is 1. The summed E-state index contributed by atoms with van der Waals surface area (Å²) in [7, 11) is 0.